The smallest absolute Gasteiger partial charge is 0.363 e. The zero-order valence-electron chi connectivity index (χ0n) is 13.7. The van der Waals surface area contributed by atoms with Crippen molar-refractivity contribution in [3.63, 3.8) is 0 Å². The summed E-state index contributed by atoms with van der Waals surface area (Å²) >= 11 is 0. The summed E-state index contributed by atoms with van der Waals surface area (Å²) in [5, 5.41) is 8.74. The monoisotopic (exact) mass is 349 g/mol. The Hall–Kier alpha value is -3.67. The maximum absolute atomic E-state index is 12.0. The van der Waals surface area contributed by atoms with Crippen molar-refractivity contribution in [1.82, 2.24) is 0 Å². The third kappa shape index (κ3) is 4.45. The van der Waals surface area contributed by atoms with Crippen molar-refractivity contribution in [3.8, 4) is 5.75 Å². The molecule has 26 heavy (non-hydrogen) atoms. The first kappa shape index (κ1) is 17.2. The Balaban J connectivity index is 1.81. The molecule has 0 aliphatic carbocycles. The topological polar surface area (TPSA) is 85.2 Å². The lowest BCUT2D eigenvalue weighted by Crippen LogP contribution is -2.10. The first-order valence-corrected chi connectivity index (χ1v) is 7.81. The van der Waals surface area contributed by atoms with Crippen LogP contribution in [-0.2, 0) is 14.3 Å². The number of hydrogen-bond acceptors (Lipinski definition) is 5. The summed E-state index contributed by atoms with van der Waals surface area (Å²) in [7, 11) is 0. The molecule has 2 aromatic carbocycles. The summed E-state index contributed by atoms with van der Waals surface area (Å²) in [6, 6.07) is 16.3. The van der Waals surface area contributed by atoms with E-state index in [0.717, 1.165) is 5.56 Å². The van der Waals surface area contributed by atoms with Gasteiger partial charge in [0, 0.05) is 11.6 Å². The maximum Gasteiger partial charge on any atom is 0.363 e. The summed E-state index contributed by atoms with van der Waals surface area (Å²) in [4.78, 5) is 26.8. The van der Waals surface area contributed by atoms with Gasteiger partial charge in [0.15, 0.2) is 12.3 Å². The van der Waals surface area contributed by atoms with Gasteiger partial charge in [-0.15, -0.1) is 0 Å². The lowest BCUT2D eigenvalue weighted by atomic mass is 10.1. The second-order valence-electron chi connectivity index (χ2n) is 5.33. The second kappa shape index (κ2) is 7.94. The van der Waals surface area contributed by atoms with E-state index in [0.29, 0.717) is 11.3 Å². The minimum absolute atomic E-state index is 0.115. The predicted octanol–water partition coefficient (Wildman–Crippen LogP) is 3.16. The Bertz CT molecular complexity index is 913. The SMILES string of the molecule is O=C(O)COc1ccccc1/C=C1N=C(/C=C/c2ccccc2)OC\1=O. The number of aliphatic carboxylic acids is 1. The number of carboxylic acids is 1. The molecule has 1 heterocycles. The maximum atomic E-state index is 12.0. The molecule has 1 aliphatic heterocycles. The highest BCUT2D eigenvalue weighted by atomic mass is 16.6. The minimum atomic E-state index is -1.08. The van der Waals surface area contributed by atoms with Gasteiger partial charge in [-0.25, -0.2) is 14.6 Å². The summed E-state index contributed by atoms with van der Waals surface area (Å²) < 4.78 is 10.3. The van der Waals surface area contributed by atoms with Crippen LogP contribution in [0, 0.1) is 0 Å². The van der Waals surface area contributed by atoms with E-state index in [1.165, 1.54) is 6.08 Å². The van der Waals surface area contributed by atoms with E-state index in [-0.39, 0.29) is 11.6 Å². The van der Waals surface area contributed by atoms with E-state index in [9.17, 15) is 9.59 Å². The number of rotatable bonds is 6. The number of aliphatic imine (C=N–C) groups is 1. The highest BCUT2D eigenvalue weighted by molar-refractivity contribution is 6.11. The number of carbonyl (C=O) groups is 2. The molecule has 0 aromatic heterocycles. The lowest BCUT2D eigenvalue weighted by molar-refractivity contribution is -0.139. The van der Waals surface area contributed by atoms with Crippen molar-refractivity contribution < 1.29 is 24.2 Å². The van der Waals surface area contributed by atoms with Gasteiger partial charge in [-0.2, -0.15) is 0 Å². The summed E-state index contributed by atoms with van der Waals surface area (Å²) in [6.45, 7) is -0.473. The van der Waals surface area contributed by atoms with Crippen LogP contribution in [0.5, 0.6) is 5.75 Å². The third-order valence-corrected chi connectivity index (χ3v) is 3.42. The van der Waals surface area contributed by atoms with E-state index in [1.54, 1.807) is 36.4 Å². The molecule has 0 atom stereocenters. The van der Waals surface area contributed by atoms with Crippen LogP contribution in [0.3, 0.4) is 0 Å². The Morgan fingerprint density at radius 3 is 2.58 bits per heavy atom. The molecule has 6 heteroatoms. The Kier molecular flexibility index (Phi) is 5.24. The molecule has 1 N–H and O–H groups in total. The number of carboxylic acid groups (broad SMARTS) is 1. The molecule has 0 amide bonds. The number of ether oxygens (including phenoxy) is 2. The van der Waals surface area contributed by atoms with Gasteiger partial charge in [0.25, 0.3) is 0 Å². The lowest BCUT2D eigenvalue weighted by Gasteiger charge is -2.06. The molecular formula is C20H15NO5. The molecule has 1 aliphatic rings. The summed E-state index contributed by atoms with van der Waals surface area (Å²) in [6.07, 6.45) is 4.91. The number of nitrogens with zero attached hydrogens (tertiary/aromatic N) is 1. The van der Waals surface area contributed by atoms with Crippen LogP contribution in [0.25, 0.3) is 12.2 Å². The molecule has 0 saturated carbocycles. The van der Waals surface area contributed by atoms with E-state index in [4.69, 9.17) is 14.6 Å². The largest absolute Gasteiger partial charge is 0.481 e. The van der Waals surface area contributed by atoms with Gasteiger partial charge < -0.3 is 14.6 Å². The van der Waals surface area contributed by atoms with Crippen molar-refractivity contribution in [3.05, 3.63) is 77.5 Å². The number of esters is 1. The molecule has 6 nitrogen and oxygen atoms in total. The van der Waals surface area contributed by atoms with Crippen LogP contribution in [0.1, 0.15) is 11.1 Å². The molecule has 0 fully saturated rings. The predicted molar refractivity (Wildman–Crippen MR) is 96.6 cm³/mol. The number of hydrogen-bond donors (Lipinski definition) is 1. The van der Waals surface area contributed by atoms with E-state index in [2.05, 4.69) is 4.99 Å². The fraction of sp³-hybridized carbons (Fsp3) is 0.0500. The number of para-hydroxylation sites is 1. The molecule has 2 aromatic rings. The van der Waals surface area contributed by atoms with Crippen LogP contribution in [0.15, 0.2) is 71.4 Å². The average Bonchev–Trinajstić information content (AvgIpc) is 3.00. The highest BCUT2D eigenvalue weighted by Crippen LogP contribution is 2.23. The normalized spacial score (nSPS) is 15.2. The fourth-order valence-corrected chi connectivity index (χ4v) is 2.25. The van der Waals surface area contributed by atoms with E-state index in [1.807, 2.05) is 30.3 Å². The molecule has 130 valence electrons. The Labute approximate surface area is 149 Å². The van der Waals surface area contributed by atoms with Crippen molar-refractivity contribution in [2.45, 2.75) is 0 Å². The van der Waals surface area contributed by atoms with Gasteiger partial charge in [0.05, 0.1) is 0 Å². The Morgan fingerprint density at radius 2 is 1.81 bits per heavy atom. The number of cyclic esters (lactones) is 1. The van der Waals surface area contributed by atoms with Gasteiger partial charge in [-0.1, -0.05) is 48.5 Å². The van der Waals surface area contributed by atoms with E-state index < -0.39 is 18.5 Å². The van der Waals surface area contributed by atoms with Gasteiger partial charge in [-0.3, -0.25) is 0 Å². The van der Waals surface area contributed by atoms with Crippen molar-refractivity contribution in [2.24, 2.45) is 4.99 Å². The van der Waals surface area contributed by atoms with Crippen molar-refractivity contribution in [2.75, 3.05) is 6.61 Å². The molecule has 0 saturated heterocycles. The quantitative estimate of drug-likeness (QED) is 0.639. The third-order valence-electron chi connectivity index (χ3n) is 3.42. The number of carbonyl (C=O) groups excluding carboxylic acids is 1. The van der Waals surface area contributed by atoms with Gasteiger partial charge in [-0.05, 0) is 23.8 Å². The Morgan fingerprint density at radius 1 is 1.08 bits per heavy atom. The van der Waals surface area contributed by atoms with Crippen LogP contribution >= 0.6 is 0 Å². The molecule has 0 unspecified atom stereocenters. The first-order valence-electron chi connectivity index (χ1n) is 7.81. The van der Waals surface area contributed by atoms with Crippen LogP contribution in [0.2, 0.25) is 0 Å². The van der Waals surface area contributed by atoms with Gasteiger partial charge >= 0.3 is 11.9 Å². The highest BCUT2D eigenvalue weighted by Gasteiger charge is 2.21. The van der Waals surface area contributed by atoms with Crippen molar-refractivity contribution in [1.29, 1.82) is 0 Å². The van der Waals surface area contributed by atoms with Crippen molar-refractivity contribution >= 4 is 30.0 Å². The fourth-order valence-electron chi connectivity index (χ4n) is 2.25. The first-order chi connectivity index (χ1) is 12.6. The second-order valence-corrected chi connectivity index (χ2v) is 5.33. The number of benzene rings is 2. The van der Waals surface area contributed by atoms with E-state index >= 15 is 0 Å². The van der Waals surface area contributed by atoms with Gasteiger partial charge in [0.2, 0.25) is 5.90 Å². The minimum Gasteiger partial charge on any atom is -0.481 e. The molecule has 0 spiro atoms. The van der Waals surface area contributed by atoms with Gasteiger partial charge in [0.1, 0.15) is 5.75 Å². The van der Waals surface area contributed by atoms with Crippen LogP contribution in [-0.4, -0.2) is 29.5 Å². The molecule has 0 bridgehead atoms. The average molecular weight is 349 g/mol. The molecule has 3 rings (SSSR count). The molecular weight excluding hydrogens is 334 g/mol. The standard InChI is InChI=1S/C20H15NO5/c22-19(23)13-25-17-9-5-4-8-15(17)12-16-20(24)26-18(21-16)11-10-14-6-2-1-3-7-14/h1-12H,13H2,(H,22,23)/b11-10+,16-12-. The van der Waals surface area contributed by atoms with Crippen LogP contribution < -0.4 is 4.74 Å². The zero-order valence-corrected chi connectivity index (χ0v) is 13.7. The molecule has 0 radical (unpaired) electrons. The van der Waals surface area contributed by atoms with Crippen LogP contribution in [0.4, 0.5) is 0 Å². The summed E-state index contributed by atoms with van der Waals surface area (Å²) in [5.41, 5.74) is 1.61. The zero-order chi connectivity index (χ0) is 18.4. The summed E-state index contributed by atoms with van der Waals surface area (Å²) in [5.74, 6) is -1.13.